The summed E-state index contributed by atoms with van der Waals surface area (Å²) >= 11 is 0. The Morgan fingerprint density at radius 3 is 1.39 bits per heavy atom. The van der Waals surface area contributed by atoms with E-state index >= 15 is 0 Å². The maximum atomic E-state index is 4.52. The van der Waals surface area contributed by atoms with Crippen molar-refractivity contribution in [3.63, 3.8) is 0 Å². The molecule has 3 heterocycles. The third-order valence-corrected chi connectivity index (χ3v) is 7.00. The van der Waals surface area contributed by atoms with Crippen molar-refractivity contribution in [3.05, 3.63) is 83.3 Å². The molecule has 0 aliphatic carbocycles. The number of nitrogens with zero attached hydrogens (tertiary/aromatic N) is 2. The molecule has 246 valence electrons. The van der Waals surface area contributed by atoms with Crippen LogP contribution in [0.15, 0.2) is 55.1 Å². The molecule has 0 aliphatic rings. The first-order valence-electron chi connectivity index (χ1n) is 16.3. The van der Waals surface area contributed by atoms with E-state index in [1.54, 1.807) is 6.33 Å². The van der Waals surface area contributed by atoms with Gasteiger partial charge in [0.15, 0.2) is 0 Å². The number of imidazole rings is 1. The Hall–Kier alpha value is -2.88. The van der Waals surface area contributed by atoms with Crippen molar-refractivity contribution in [2.45, 2.75) is 152 Å². The molecule has 0 spiro atoms. The molecule has 0 bridgehead atoms. The van der Waals surface area contributed by atoms with Gasteiger partial charge in [-0.25, -0.2) is 4.98 Å². The van der Waals surface area contributed by atoms with Crippen LogP contribution in [0.25, 0.3) is 10.9 Å². The number of rotatable bonds is 0. The molecule has 4 rings (SSSR count). The van der Waals surface area contributed by atoms with Gasteiger partial charge in [-0.1, -0.05) is 137 Å². The van der Waals surface area contributed by atoms with E-state index in [0.29, 0.717) is 0 Å². The smallest absolute Gasteiger partial charge is 0.0921 e. The number of benzene rings is 1. The highest BCUT2D eigenvalue weighted by Crippen LogP contribution is 2.30. The Morgan fingerprint density at radius 1 is 0.545 bits per heavy atom. The molecule has 44 heavy (non-hydrogen) atoms. The lowest BCUT2D eigenvalue weighted by atomic mass is 9.86. The largest absolute Gasteiger partial charge is 0.358 e. The van der Waals surface area contributed by atoms with E-state index in [-0.39, 0.29) is 27.1 Å². The predicted molar refractivity (Wildman–Crippen MR) is 195 cm³/mol. The highest BCUT2D eigenvalue weighted by atomic mass is 14.9. The Bertz CT molecular complexity index is 1320. The number of aromatic nitrogens is 4. The van der Waals surface area contributed by atoms with E-state index in [0.717, 1.165) is 11.6 Å². The second-order valence-corrected chi connectivity index (χ2v) is 17.9. The van der Waals surface area contributed by atoms with Crippen LogP contribution in [0, 0.1) is 5.92 Å². The summed E-state index contributed by atoms with van der Waals surface area (Å²) < 4.78 is 0. The van der Waals surface area contributed by atoms with Crippen LogP contribution < -0.4 is 0 Å². The maximum absolute atomic E-state index is 4.52. The molecule has 0 amide bonds. The summed E-state index contributed by atoms with van der Waals surface area (Å²) in [6.45, 7) is 39.6. The molecule has 0 fully saturated rings. The first-order valence-corrected chi connectivity index (χ1v) is 16.3. The van der Waals surface area contributed by atoms with Gasteiger partial charge in [-0.3, -0.25) is 4.98 Å². The number of hydrogen-bond acceptors (Lipinski definition) is 2. The van der Waals surface area contributed by atoms with Crippen molar-refractivity contribution >= 4 is 10.9 Å². The fourth-order valence-corrected chi connectivity index (χ4v) is 3.95. The molecular formula is C40H66N4. The van der Waals surface area contributed by atoms with Crippen LogP contribution in [0.5, 0.6) is 0 Å². The summed E-state index contributed by atoms with van der Waals surface area (Å²) in [5.41, 5.74) is 8.52. The minimum atomic E-state index is 0.149. The number of aromatic amines is 2. The molecule has 1 aromatic carbocycles. The standard InChI is InChI=1S/C16H23N.C13H21N.C7H12N2.C4H10/c1-15(2,3)12-7-8-13-11(9-12)10-14(17-13)16(4,5)6;1-12(2,3)10-7-8-11(14-9-10)13(4,5)6;1-7(2,3)6-4-8-5-9-6;1-4(2)3/h7-10,17H,1-6H3;7-9H,1-6H3;4-5H,1-3H3,(H,8,9);4H,1-3H3. The minimum absolute atomic E-state index is 0.149. The second-order valence-electron chi connectivity index (χ2n) is 17.9. The number of hydrogen-bond donors (Lipinski definition) is 2. The molecule has 4 nitrogen and oxygen atoms in total. The highest BCUT2D eigenvalue weighted by Gasteiger charge is 2.19. The number of nitrogens with one attached hydrogen (secondary N) is 2. The van der Waals surface area contributed by atoms with Gasteiger partial charge in [0.2, 0.25) is 0 Å². The first kappa shape index (κ1) is 39.1. The minimum Gasteiger partial charge on any atom is -0.358 e. The van der Waals surface area contributed by atoms with Crippen molar-refractivity contribution in [1.29, 1.82) is 0 Å². The fraction of sp³-hybridized carbons (Fsp3) is 0.600. The van der Waals surface area contributed by atoms with Crippen molar-refractivity contribution in [3.8, 4) is 0 Å². The average Bonchev–Trinajstić information content (AvgIpc) is 3.53. The van der Waals surface area contributed by atoms with Gasteiger partial charge in [0, 0.05) is 51.2 Å². The Morgan fingerprint density at radius 2 is 1.05 bits per heavy atom. The zero-order chi connectivity index (χ0) is 34.3. The van der Waals surface area contributed by atoms with Crippen LogP contribution in [0.1, 0.15) is 153 Å². The summed E-state index contributed by atoms with van der Waals surface area (Å²) in [6, 6.07) is 13.3. The van der Waals surface area contributed by atoms with Gasteiger partial charge in [0.05, 0.1) is 6.33 Å². The van der Waals surface area contributed by atoms with Gasteiger partial charge in [0.1, 0.15) is 0 Å². The lowest BCUT2D eigenvalue weighted by molar-refractivity contribution is 0.556. The topological polar surface area (TPSA) is 57.4 Å². The monoisotopic (exact) mass is 603 g/mol. The van der Waals surface area contributed by atoms with Crippen molar-refractivity contribution < 1.29 is 0 Å². The molecule has 0 radical (unpaired) electrons. The van der Waals surface area contributed by atoms with Crippen LogP contribution in [-0.2, 0) is 27.1 Å². The van der Waals surface area contributed by atoms with Crippen LogP contribution >= 0.6 is 0 Å². The molecule has 4 heteroatoms. The van der Waals surface area contributed by atoms with Crippen molar-refractivity contribution in [2.24, 2.45) is 5.92 Å². The Labute approximate surface area is 271 Å². The summed E-state index contributed by atoms with van der Waals surface area (Å²) in [6.07, 6.45) is 5.57. The van der Waals surface area contributed by atoms with E-state index in [4.69, 9.17) is 0 Å². The van der Waals surface area contributed by atoms with Crippen LogP contribution in [0.2, 0.25) is 0 Å². The summed E-state index contributed by atoms with van der Waals surface area (Å²) in [5.74, 6) is 0.833. The van der Waals surface area contributed by atoms with Crippen molar-refractivity contribution in [1.82, 2.24) is 19.9 Å². The highest BCUT2D eigenvalue weighted by molar-refractivity contribution is 5.81. The third-order valence-electron chi connectivity index (χ3n) is 7.00. The van der Waals surface area contributed by atoms with Gasteiger partial charge in [-0.05, 0) is 57.5 Å². The predicted octanol–water partition coefficient (Wildman–Crippen LogP) is 11.8. The number of pyridine rings is 1. The van der Waals surface area contributed by atoms with Gasteiger partial charge >= 0.3 is 0 Å². The third kappa shape index (κ3) is 13.4. The Kier molecular flexibility index (Phi) is 13.3. The molecule has 3 aromatic heterocycles. The number of fused-ring (bicyclic) bond motifs is 1. The molecule has 0 saturated carbocycles. The van der Waals surface area contributed by atoms with E-state index in [2.05, 4.69) is 181 Å². The quantitative estimate of drug-likeness (QED) is 0.210. The zero-order valence-electron chi connectivity index (χ0n) is 31.7. The molecule has 2 N–H and O–H groups in total. The summed E-state index contributed by atoms with van der Waals surface area (Å²) in [5, 5.41) is 1.32. The fourth-order valence-electron chi connectivity index (χ4n) is 3.95. The normalized spacial score (nSPS) is 12.5. The maximum Gasteiger partial charge on any atom is 0.0921 e. The molecule has 0 saturated heterocycles. The van der Waals surface area contributed by atoms with Gasteiger partial charge in [-0.15, -0.1) is 0 Å². The van der Waals surface area contributed by atoms with Crippen LogP contribution in [0.3, 0.4) is 0 Å². The second kappa shape index (κ2) is 14.9. The van der Waals surface area contributed by atoms with Gasteiger partial charge < -0.3 is 9.97 Å². The van der Waals surface area contributed by atoms with Gasteiger partial charge in [-0.2, -0.15) is 0 Å². The van der Waals surface area contributed by atoms with E-state index < -0.39 is 0 Å². The van der Waals surface area contributed by atoms with Crippen LogP contribution in [-0.4, -0.2) is 19.9 Å². The summed E-state index contributed by atoms with van der Waals surface area (Å²) in [4.78, 5) is 15.0. The van der Waals surface area contributed by atoms with E-state index in [9.17, 15) is 0 Å². The molecule has 0 aliphatic heterocycles. The average molecular weight is 603 g/mol. The number of H-pyrrole nitrogens is 2. The lowest BCUT2D eigenvalue weighted by Crippen LogP contribution is -2.16. The van der Waals surface area contributed by atoms with E-state index in [1.807, 2.05) is 12.4 Å². The molecular weight excluding hydrogens is 536 g/mol. The van der Waals surface area contributed by atoms with Crippen molar-refractivity contribution in [2.75, 3.05) is 0 Å². The SMILES string of the molecule is CC(C)(C)c1ccc(C(C)(C)C)nc1.CC(C)(C)c1ccc2[nH]c(C(C)(C)C)cc2c1.CC(C)(C)c1cnc[nH]1.CC(C)C. The van der Waals surface area contributed by atoms with Gasteiger partial charge in [0.25, 0.3) is 0 Å². The molecule has 0 atom stereocenters. The lowest BCUT2D eigenvalue weighted by Gasteiger charge is -2.22. The summed E-state index contributed by atoms with van der Waals surface area (Å²) in [7, 11) is 0. The zero-order valence-corrected chi connectivity index (χ0v) is 31.7. The first-order chi connectivity index (χ1) is 19.7. The molecule has 4 aromatic rings. The Balaban J connectivity index is 0.000000322. The van der Waals surface area contributed by atoms with E-state index in [1.165, 1.54) is 33.4 Å². The van der Waals surface area contributed by atoms with Crippen LogP contribution in [0.4, 0.5) is 0 Å². The molecule has 0 unspecified atom stereocenters.